The molecule has 15 heteroatoms. The van der Waals surface area contributed by atoms with Gasteiger partial charge in [-0.05, 0) is 24.7 Å². The summed E-state index contributed by atoms with van der Waals surface area (Å²) in [6, 6.07) is 0.176. The minimum Gasteiger partial charge on any atom is -0.464 e. The van der Waals surface area contributed by atoms with Gasteiger partial charge in [-0.2, -0.15) is 24.9 Å². The van der Waals surface area contributed by atoms with Crippen molar-refractivity contribution in [3.63, 3.8) is 0 Å². The Balaban J connectivity index is 1.57. The number of halogens is 3. The molecule has 5 atom stereocenters. The fraction of sp³-hybridized carbons (Fsp3) is 0.600. The van der Waals surface area contributed by atoms with Crippen LogP contribution in [0.15, 0.2) is 18.6 Å². The molecule has 3 rings (SSSR count). The molecule has 3 heterocycles. The van der Waals surface area contributed by atoms with E-state index in [2.05, 4.69) is 9.97 Å². The molecule has 1 fully saturated rings. The van der Waals surface area contributed by atoms with Gasteiger partial charge in [0.2, 0.25) is 0 Å². The van der Waals surface area contributed by atoms with E-state index in [0.29, 0.717) is 17.5 Å². The molecule has 2 aromatic rings. The number of carbonyl (C=O) groups excluding carboxylic acids is 2. The Kier molecular flexibility index (Phi) is 8.79. The average Bonchev–Trinajstić information content (AvgIpc) is 3.35. The zero-order valence-electron chi connectivity index (χ0n) is 18.6. The number of anilines is 1. The Hall–Kier alpha value is -2.62. The van der Waals surface area contributed by atoms with Crippen molar-refractivity contribution in [2.24, 2.45) is 0 Å². The third kappa shape index (κ3) is 6.34. The third-order valence-electron chi connectivity index (χ3n) is 5.28. The Labute approximate surface area is 202 Å². The van der Waals surface area contributed by atoms with Crippen molar-refractivity contribution in [1.29, 1.82) is 0 Å². The van der Waals surface area contributed by atoms with Gasteiger partial charge in [0.05, 0.1) is 18.1 Å². The molecule has 194 valence electrons. The van der Waals surface area contributed by atoms with Crippen LogP contribution >= 0.6 is 11.8 Å². The quantitative estimate of drug-likeness (QED) is 0.259. The zero-order valence-corrected chi connectivity index (χ0v) is 19.5. The first-order valence-corrected chi connectivity index (χ1v) is 11.9. The fourth-order valence-corrected chi connectivity index (χ4v) is 4.56. The molecular weight excluding hydrogens is 495 g/mol. The number of carbonyl (C=O) groups is 2. The number of nitrogens with one attached hydrogen (secondary N) is 1. The molecule has 1 aliphatic rings. The molecule has 0 saturated carbocycles. The summed E-state index contributed by atoms with van der Waals surface area (Å²) in [6.07, 6.45) is -6.24. The van der Waals surface area contributed by atoms with Gasteiger partial charge in [0.1, 0.15) is 36.0 Å². The molecular formula is C20H26F3N5O6S. The van der Waals surface area contributed by atoms with Crippen LogP contribution in [0.2, 0.25) is 0 Å². The van der Waals surface area contributed by atoms with E-state index in [1.807, 2.05) is 0 Å². The van der Waals surface area contributed by atoms with Gasteiger partial charge < -0.3 is 35.3 Å². The van der Waals surface area contributed by atoms with Gasteiger partial charge in [0, 0.05) is 11.9 Å². The van der Waals surface area contributed by atoms with Crippen LogP contribution in [0, 0.1) is 0 Å². The molecule has 1 saturated heterocycles. The van der Waals surface area contributed by atoms with Crippen LogP contribution in [0.25, 0.3) is 11.0 Å². The monoisotopic (exact) mass is 521 g/mol. The van der Waals surface area contributed by atoms with Crippen LogP contribution in [0.3, 0.4) is 0 Å². The Bertz CT molecular complexity index is 1040. The van der Waals surface area contributed by atoms with Gasteiger partial charge in [0.25, 0.3) is 0 Å². The van der Waals surface area contributed by atoms with Crippen molar-refractivity contribution < 1.29 is 42.4 Å². The predicted molar refractivity (Wildman–Crippen MR) is 119 cm³/mol. The number of amides is 1. The van der Waals surface area contributed by atoms with Crippen molar-refractivity contribution in [2.75, 3.05) is 23.8 Å². The van der Waals surface area contributed by atoms with Gasteiger partial charge in [-0.15, -0.1) is 0 Å². The van der Waals surface area contributed by atoms with E-state index in [1.165, 1.54) is 22.7 Å². The van der Waals surface area contributed by atoms with E-state index in [0.717, 1.165) is 0 Å². The fourth-order valence-electron chi connectivity index (χ4n) is 3.49. The second-order valence-corrected chi connectivity index (χ2v) is 8.97. The minimum absolute atomic E-state index is 0.0103. The molecule has 0 radical (unpaired) electrons. The molecule has 0 spiro atoms. The largest absolute Gasteiger partial charge is 0.471 e. The van der Waals surface area contributed by atoms with E-state index in [-0.39, 0.29) is 30.4 Å². The molecule has 0 aromatic carbocycles. The summed E-state index contributed by atoms with van der Waals surface area (Å²) in [7, 11) is 0. The van der Waals surface area contributed by atoms with Gasteiger partial charge in [-0.3, -0.25) is 4.79 Å². The van der Waals surface area contributed by atoms with E-state index in [4.69, 9.17) is 15.2 Å². The molecule has 5 N–H and O–H groups in total. The third-order valence-corrected chi connectivity index (χ3v) is 6.37. The maximum atomic E-state index is 12.6. The summed E-state index contributed by atoms with van der Waals surface area (Å²) in [5.74, 6) is -2.63. The van der Waals surface area contributed by atoms with Crippen LogP contribution in [0.5, 0.6) is 0 Å². The number of rotatable bonds is 10. The Morgan fingerprint density at radius 1 is 1.34 bits per heavy atom. The highest BCUT2D eigenvalue weighted by atomic mass is 32.2. The van der Waals surface area contributed by atoms with Gasteiger partial charge in [0.15, 0.2) is 6.23 Å². The van der Waals surface area contributed by atoms with Crippen LogP contribution in [0.1, 0.15) is 26.0 Å². The van der Waals surface area contributed by atoms with Crippen LogP contribution < -0.4 is 11.1 Å². The van der Waals surface area contributed by atoms with E-state index in [1.54, 1.807) is 24.5 Å². The lowest BCUT2D eigenvalue weighted by Gasteiger charge is -2.19. The molecule has 1 aliphatic heterocycles. The van der Waals surface area contributed by atoms with Crippen LogP contribution in [-0.2, 0) is 19.1 Å². The summed E-state index contributed by atoms with van der Waals surface area (Å²) in [6.45, 7) is 1.73. The molecule has 35 heavy (non-hydrogen) atoms. The van der Waals surface area contributed by atoms with Crippen molar-refractivity contribution in [3.05, 3.63) is 18.6 Å². The van der Waals surface area contributed by atoms with Crippen LogP contribution in [0.4, 0.5) is 19.0 Å². The standard InChI is InChI=1S/C20H26F3N5O6S/c1-2-6-33-18(31)11(27-19(32)20(21,22)23)4-7-35-8-12-13(29)14(30)17(34-12)28-5-3-10-15(24)25-9-26-16(10)28/h3,5,9,11-14,17,29-30H,2,4,6-8H2,1H3,(H,27,32)(H2,24,25,26)/t11?,12-,13-,14-,17?/m1/s1. The summed E-state index contributed by atoms with van der Waals surface area (Å²) in [5, 5.41) is 23.2. The summed E-state index contributed by atoms with van der Waals surface area (Å²) in [4.78, 5) is 31.4. The number of thioether (sulfide) groups is 1. The van der Waals surface area contributed by atoms with Crippen molar-refractivity contribution in [2.45, 2.75) is 56.5 Å². The Morgan fingerprint density at radius 2 is 2.09 bits per heavy atom. The zero-order chi connectivity index (χ0) is 25.8. The lowest BCUT2D eigenvalue weighted by molar-refractivity contribution is -0.176. The van der Waals surface area contributed by atoms with Crippen LogP contribution in [-0.4, -0.2) is 85.3 Å². The lowest BCUT2D eigenvalue weighted by Crippen LogP contribution is -2.47. The first kappa shape index (κ1) is 27.0. The first-order valence-electron chi connectivity index (χ1n) is 10.7. The van der Waals surface area contributed by atoms with Crippen molar-refractivity contribution in [1.82, 2.24) is 19.9 Å². The van der Waals surface area contributed by atoms with Gasteiger partial charge >= 0.3 is 18.1 Å². The maximum Gasteiger partial charge on any atom is 0.471 e. The average molecular weight is 522 g/mol. The highest BCUT2D eigenvalue weighted by Crippen LogP contribution is 2.34. The van der Waals surface area contributed by atoms with Crippen molar-refractivity contribution >= 4 is 40.5 Å². The molecule has 0 bridgehead atoms. The summed E-state index contributed by atoms with van der Waals surface area (Å²) in [5.41, 5.74) is 6.24. The number of nitrogens with zero attached hydrogens (tertiary/aromatic N) is 3. The number of esters is 1. The minimum atomic E-state index is -5.14. The highest BCUT2D eigenvalue weighted by molar-refractivity contribution is 7.99. The van der Waals surface area contributed by atoms with E-state index in [9.17, 15) is 33.0 Å². The van der Waals surface area contributed by atoms with Crippen molar-refractivity contribution in [3.8, 4) is 0 Å². The summed E-state index contributed by atoms with van der Waals surface area (Å²) < 4.78 is 50.1. The number of nitrogen functional groups attached to an aromatic ring is 1. The number of alkyl halides is 3. The second-order valence-electron chi connectivity index (χ2n) is 7.82. The molecule has 2 aromatic heterocycles. The number of ether oxygens (including phenoxy) is 2. The molecule has 11 nitrogen and oxygen atoms in total. The van der Waals surface area contributed by atoms with E-state index < -0.39 is 48.6 Å². The van der Waals surface area contributed by atoms with E-state index >= 15 is 0 Å². The topological polar surface area (TPSA) is 162 Å². The number of hydrogen-bond donors (Lipinski definition) is 4. The highest BCUT2D eigenvalue weighted by Gasteiger charge is 2.44. The number of aliphatic hydroxyl groups is 2. The smallest absolute Gasteiger partial charge is 0.464 e. The molecule has 0 aliphatic carbocycles. The second kappa shape index (κ2) is 11.4. The number of fused-ring (bicyclic) bond motifs is 1. The van der Waals surface area contributed by atoms with Gasteiger partial charge in [-0.1, -0.05) is 6.92 Å². The maximum absolute atomic E-state index is 12.6. The summed E-state index contributed by atoms with van der Waals surface area (Å²) >= 11 is 1.17. The lowest BCUT2D eigenvalue weighted by atomic mass is 10.1. The normalized spacial score (nSPS) is 23.4. The molecule has 1 amide bonds. The predicted octanol–water partition coefficient (Wildman–Crippen LogP) is 0.756. The number of nitrogens with two attached hydrogens (primary N) is 1. The van der Waals surface area contributed by atoms with Gasteiger partial charge in [-0.25, -0.2) is 14.8 Å². The number of aromatic nitrogens is 3. The number of hydrogen-bond acceptors (Lipinski definition) is 10. The SMILES string of the molecule is CCCOC(=O)C(CCSC[C@H]1OC(n2ccc3c(N)ncnc32)[C@H](O)[C@@H]1O)NC(=O)C(F)(F)F. The Morgan fingerprint density at radius 3 is 2.77 bits per heavy atom. The molecule has 2 unspecified atom stereocenters. The first-order chi connectivity index (χ1) is 16.5. The number of aliphatic hydroxyl groups excluding tert-OH is 2.